The number of rotatable bonds is 9. The molecule has 3 N–H and O–H groups in total. The molecule has 2 unspecified atom stereocenters. The highest BCUT2D eigenvalue weighted by Crippen LogP contribution is 2.40. The number of carbonyl (C=O) groups is 2. The molecule has 1 aromatic carbocycles. The summed E-state index contributed by atoms with van der Waals surface area (Å²) in [5.74, 6) is 0.274. The van der Waals surface area contributed by atoms with Crippen LogP contribution in [0.25, 0.3) is 0 Å². The van der Waals surface area contributed by atoms with Crippen molar-refractivity contribution in [2.45, 2.75) is 44.4 Å². The first-order valence-electron chi connectivity index (χ1n) is 10.6. The summed E-state index contributed by atoms with van der Waals surface area (Å²) in [5, 5.41) is 11.5. The first-order valence-corrected chi connectivity index (χ1v) is 12.5. The number of amides is 2. The van der Waals surface area contributed by atoms with Crippen molar-refractivity contribution >= 4 is 46.6 Å². The van der Waals surface area contributed by atoms with Gasteiger partial charge in [0.05, 0.1) is 16.1 Å². The van der Waals surface area contributed by atoms with Gasteiger partial charge in [-0.05, 0) is 45.6 Å². The summed E-state index contributed by atoms with van der Waals surface area (Å²) >= 11 is 11.2. The summed E-state index contributed by atoms with van der Waals surface area (Å²) in [5.41, 5.74) is 0.737. The fraction of sp³-hybridized carbons (Fsp3) is 0.545. The minimum Gasteiger partial charge on any atom is -0.598 e. The number of hydrogen-bond acceptors (Lipinski definition) is 5. The minimum atomic E-state index is -1.38. The summed E-state index contributed by atoms with van der Waals surface area (Å²) < 4.78 is 21.6. The molecule has 1 saturated heterocycles. The van der Waals surface area contributed by atoms with E-state index in [0.29, 0.717) is 41.7 Å². The maximum Gasteiger partial charge on any atom is 0.405 e. The molecule has 1 aromatic rings. The molecule has 2 atom stereocenters. The van der Waals surface area contributed by atoms with Crippen LogP contribution in [-0.4, -0.2) is 57.5 Å². The second-order valence-electron chi connectivity index (χ2n) is 8.76. The third-order valence-corrected chi connectivity index (χ3v) is 7.59. The van der Waals surface area contributed by atoms with Gasteiger partial charge in [0.15, 0.2) is 0 Å². The van der Waals surface area contributed by atoms with Crippen molar-refractivity contribution in [3.63, 3.8) is 0 Å². The van der Waals surface area contributed by atoms with Crippen LogP contribution in [0, 0.1) is 5.92 Å². The van der Waals surface area contributed by atoms with Crippen LogP contribution in [0.5, 0.6) is 5.75 Å². The van der Waals surface area contributed by atoms with Gasteiger partial charge in [-0.15, -0.1) is 4.72 Å². The topological polar surface area (TPSA) is 114 Å². The molecule has 0 radical (unpaired) electrons. The molecule has 33 heavy (non-hydrogen) atoms. The zero-order valence-corrected chi connectivity index (χ0v) is 21.4. The molecule has 2 amide bonds. The lowest BCUT2D eigenvalue weighted by atomic mass is 9.85. The van der Waals surface area contributed by atoms with E-state index in [1.165, 1.54) is 0 Å². The zero-order chi connectivity index (χ0) is 24.8. The Morgan fingerprint density at radius 3 is 2.48 bits per heavy atom. The Labute approximate surface area is 208 Å². The van der Waals surface area contributed by atoms with Gasteiger partial charge >= 0.3 is 6.09 Å². The molecule has 1 heterocycles. The normalized spacial score (nSPS) is 16.7. The van der Waals surface area contributed by atoms with Crippen LogP contribution in [0.15, 0.2) is 24.8 Å². The molecule has 0 bridgehead atoms. The average molecular weight is 520 g/mol. The second kappa shape index (κ2) is 12.2. The average Bonchev–Trinajstić information content (AvgIpc) is 2.75. The number of halogens is 2. The third-order valence-electron chi connectivity index (χ3n) is 5.29. The maximum atomic E-state index is 13.0. The van der Waals surface area contributed by atoms with Gasteiger partial charge in [-0.1, -0.05) is 35.9 Å². The van der Waals surface area contributed by atoms with Crippen LogP contribution in [-0.2, 0) is 16.2 Å². The fourth-order valence-electron chi connectivity index (χ4n) is 3.51. The maximum absolute atomic E-state index is 13.0. The number of likely N-dealkylation sites (tertiary alicyclic amines) is 1. The van der Waals surface area contributed by atoms with Crippen molar-refractivity contribution in [2.24, 2.45) is 5.92 Å². The quantitative estimate of drug-likeness (QED) is 0.333. The molecule has 1 fully saturated rings. The molecule has 1 aliphatic rings. The van der Waals surface area contributed by atoms with E-state index in [4.69, 9.17) is 33.0 Å². The predicted octanol–water partition coefficient (Wildman–Crippen LogP) is 4.16. The van der Waals surface area contributed by atoms with Crippen LogP contribution in [0.1, 0.15) is 45.2 Å². The molecule has 1 aliphatic heterocycles. The molecular weight excluding hydrogens is 489 g/mol. The number of carbonyl (C=O) groups excluding carboxylic acids is 1. The fourth-order valence-corrected chi connectivity index (χ4v) is 4.74. The van der Waals surface area contributed by atoms with E-state index in [0.717, 1.165) is 5.56 Å². The Bertz CT molecular complexity index is 857. The number of nitrogens with zero attached hydrogens (tertiary/aromatic N) is 1. The van der Waals surface area contributed by atoms with Crippen molar-refractivity contribution in [1.29, 1.82) is 0 Å². The van der Waals surface area contributed by atoms with E-state index >= 15 is 0 Å². The van der Waals surface area contributed by atoms with E-state index in [1.54, 1.807) is 23.1 Å². The van der Waals surface area contributed by atoms with E-state index < -0.39 is 22.2 Å². The summed E-state index contributed by atoms with van der Waals surface area (Å²) in [7, 11) is 0. The van der Waals surface area contributed by atoms with Crippen molar-refractivity contribution in [2.75, 3.05) is 26.2 Å². The van der Waals surface area contributed by atoms with E-state index in [2.05, 4.69) is 16.6 Å². The SMILES string of the molecule is C=CCOc1cc(Cl)c(Cl)cc1C(N[S+]([O-])C(C)(C)C)C1CCN(C(=O)CNC(=O)O)CC1. The molecule has 0 saturated carbocycles. The van der Waals surface area contributed by atoms with E-state index in [9.17, 15) is 14.1 Å². The third kappa shape index (κ3) is 7.96. The number of nitrogens with one attached hydrogen (secondary N) is 2. The van der Waals surface area contributed by atoms with Crippen molar-refractivity contribution in [1.82, 2.24) is 14.9 Å². The van der Waals surface area contributed by atoms with Crippen LogP contribution in [0.3, 0.4) is 0 Å². The van der Waals surface area contributed by atoms with Gasteiger partial charge in [0.1, 0.15) is 23.6 Å². The molecule has 2 rings (SSSR count). The van der Waals surface area contributed by atoms with Crippen LogP contribution >= 0.6 is 23.2 Å². The molecule has 8 nitrogen and oxygen atoms in total. The Morgan fingerprint density at radius 1 is 1.33 bits per heavy atom. The highest BCUT2D eigenvalue weighted by atomic mass is 35.5. The summed E-state index contributed by atoms with van der Waals surface area (Å²) in [6.07, 6.45) is 1.63. The van der Waals surface area contributed by atoms with Gasteiger partial charge in [0.2, 0.25) is 5.91 Å². The molecule has 0 aliphatic carbocycles. The van der Waals surface area contributed by atoms with Crippen LogP contribution < -0.4 is 14.8 Å². The van der Waals surface area contributed by atoms with Crippen molar-refractivity contribution < 1.29 is 24.0 Å². The monoisotopic (exact) mass is 519 g/mol. The molecule has 11 heteroatoms. The van der Waals surface area contributed by atoms with Gasteiger partial charge in [0, 0.05) is 36.1 Å². The van der Waals surface area contributed by atoms with Crippen LogP contribution in [0.4, 0.5) is 4.79 Å². The Hall–Kier alpha value is -1.65. The standard InChI is InChI=1S/C22H31Cl2N3O5S/c1-5-10-32-18-12-17(24)16(23)11-15(18)20(26-33(31)22(2,3)4)14-6-8-27(9-7-14)19(28)13-25-21(29)30/h5,11-12,14,20,25-26H,1,6-10,13H2,2-4H3,(H,29,30). The molecule has 0 aromatic heterocycles. The lowest BCUT2D eigenvalue weighted by Crippen LogP contribution is -2.48. The highest BCUT2D eigenvalue weighted by molar-refractivity contribution is 7.90. The number of hydrogen-bond donors (Lipinski definition) is 3. The molecule has 184 valence electrons. The van der Waals surface area contributed by atoms with Gasteiger partial charge in [-0.2, -0.15) is 0 Å². The van der Waals surface area contributed by atoms with E-state index in [-0.39, 0.29) is 31.0 Å². The van der Waals surface area contributed by atoms with Gasteiger partial charge in [0.25, 0.3) is 0 Å². The van der Waals surface area contributed by atoms with Gasteiger partial charge in [-0.25, -0.2) is 4.79 Å². The highest BCUT2D eigenvalue weighted by Gasteiger charge is 2.37. The first kappa shape index (κ1) is 27.6. The van der Waals surface area contributed by atoms with Gasteiger partial charge in [-0.3, -0.25) is 4.79 Å². The zero-order valence-electron chi connectivity index (χ0n) is 19.0. The predicted molar refractivity (Wildman–Crippen MR) is 131 cm³/mol. The largest absolute Gasteiger partial charge is 0.598 e. The number of benzene rings is 1. The number of ether oxygens (including phenoxy) is 1. The van der Waals surface area contributed by atoms with Crippen molar-refractivity contribution in [3.05, 3.63) is 40.4 Å². The Balaban J connectivity index is 2.29. The van der Waals surface area contributed by atoms with E-state index in [1.807, 2.05) is 20.8 Å². The summed E-state index contributed by atoms with van der Waals surface area (Å²) in [6, 6.07) is 3.01. The van der Waals surface area contributed by atoms with Gasteiger partial charge < -0.3 is 24.6 Å². The second-order valence-corrected chi connectivity index (χ2v) is 11.6. The van der Waals surface area contributed by atoms with Crippen LogP contribution in [0.2, 0.25) is 10.0 Å². The lowest BCUT2D eigenvalue weighted by Gasteiger charge is -2.38. The lowest BCUT2D eigenvalue weighted by molar-refractivity contribution is -0.131. The Morgan fingerprint density at radius 2 is 1.94 bits per heavy atom. The first-order chi connectivity index (χ1) is 15.4. The minimum absolute atomic E-state index is 0.0242. The van der Waals surface area contributed by atoms with Crippen molar-refractivity contribution in [3.8, 4) is 5.75 Å². The smallest absolute Gasteiger partial charge is 0.405 e. The number of carboxylic acid groups (broad SMARTS) is 1. The molecule has 0 spiro atoms. The Kier molecular flexibility index (Phi) is 10.2. The summed E-state index contributed by atoms with van der Waals surface area (Å²) in [6.45, 7) is 10.2. The summed E-state index contributed by atoms with van der Waals surface area (Å²) in [4.78, 5) is 24.6. The number of piperidine rings is 1. The molecular formula is C22H31Cl2N3O5S.